The number of nitrogens with one attached hydrogen (secondary N) is 1. The third-order valence-corrected chi connectivity index (χ3v) is 5.90. The van der Waals surface area contributed by atoms with Crippen LogP contribution in [0.25, 0.3) is 0 Å². The highest BCUT2D eigenvalue weighted by Crippen LogP contribution is 2.31. The number of carbonyl (C=O) groups is 1. The average molecular weight is 407 g/mol. The van der Waals surface area contributed by atoms with Gasteiger partial charge >= 0.3 is 0 Å². The fourth-order valence-electron chi connectivity index (χ4n) is 3.49. The van der Waals surface area contributed by atoms with Crippen LogP contribution in [-0.2, 0) is 23.0 Å². The smallest absolute Gasteiger partial charge is 0.255 e. The third-order valence-electron chi connectivity index (χ3n) is 4.99. The molecular weight excluding hydrogens is 386 g/mol. The molecule has 1 amide bonds. The second kappa shape index (κ2) is 7.69. The third kappa shape index (κ3) is 4.31. The molecule has 0 aliphatic carbocycles. The molecule has 3 aromatic rings. The summed E-state index contributed by atoms with van der Waals surface area (Å²) in [6, 6.07) is 21.9. The number of sulfonamides is 1. The molecule has 0 aromatic heterocycles. The van der Waals surface area contributed by atoms with Crippen molar-refractivity contribution in [2.45, 2.75) is 17.9 Å². The number of carbonyl (C=O) groups excluding carboxylic acids is 1. The van der Waals surface area contributed by atoms with E-state index in [4.69, 9.17) is 5.14 Å². The van der Waals surface area contributed by atoms with Crippen LogP contribution in [0.5, 0.6) is 0 Å². The van der Waals surface area contributed by atoms with Crippen LogP contribution in [0.1, 0.15) is 21.5 Å². The molecule has 0 radical (unpaired) electrons. The topological polar surface area (TPSA) is 92.5 Å². The summed E-state index contributed by atoms with van der Waals surface area (Å²) in [5.74, 6) is -0.148. The van der Waals surface area contributed by atoms with Gasteiger partial charge in [0.25, 0.3) is 5.91 Å². The monoisotopic (exact) mass is 407 g/mol. The number of anilines is 2. The maximum absolute atomic E-state index is 12.4. The number of hydrogen-bond donors (Lipinski definition) is 2. The van der Waals surface area contributed by atoms with Gasteiger partial charge in [-0.05, 0) is 60.0 Å². The first-order valence-electron chi connectivity index (χ1n) is 9.26. The Morgan fingerprint density at radius 1 is 1.00 bits per heavy atom. The molecule has 0 saturated carbocycles. The largest absolute Gasteiger partial charge is 0.367 e. The molecule has 1 heterocycles. The molecule has 29 heavy (non-hydrogen) atoms. The number of nitrogens with zero attached hydrogens (tertiary/aromatic N) is 1. The summed E-state index contributed by atoms with van der Waals surface area (Å²) >= 11 is 0. The Morgan fingerprint density at radius 3 is 2.41 bits per heavy atom. The lowest BCUT2D eigenvalue weighted by atomic mass is 10.1. The zero-order valence-electron chi connectivity index (χ0n) is 15.7. The molecule has 1 aliphatic heterocycles. The second-order valence-electron chi connectivity index (χ2n) is 7.02. The predicted molar refractivity (Wildman–Crippen MR) is 113 cm³/mol. The molecule has 3 N–H and O–H groups in total. The van der Waals surface area contributed by atoms with E-state index in [0.717, 1.165) is 35.5 Å². The van der Waals surface area contributed by atoms with E-state index in [9.17, 15) is 13.2 Å². The molecule has 3 aromatic carbocycles. The summed E-state index contributed by atoms with van der Waals surface area (Å²) in [5.41, 5.74) is 4.43. The van der Waals surface area contributed by atoms with Gasteiger partial charge in [-0.2, -0.15) is 0 Å². The molecule has 0 spiro atoms. The van der Waals surface area contributed by atoms with E-state index in [0.29, 0.717) is 12.1 Å². The van der Waals surface area contributed by atoms with Gasteiger partial charge in [-0.25, -0.2) is 13.6 Å². The van der Waals surface area contributed by atoms with E-state index in [1.807, 2.05) is 60.7 Å². The SMILES string of the molecule is NS(=O)(=O)c1ccc2c(c1)CCN2Cc1ccc(C(=O)Nc2ccccc2)cc1. The summed E-state index contributed by atoms with van der Waals surface area (Å²) in [6.45, 7) is 1.49. The molecule has 7 heteroatoms. The molecule has 0 atom stereocenters. The van der Waals surface area contributed by atoms with Crippen molar-refractivity contribution < 1.29 is 13.2 Å². The summed E-state index contributed by atoms with van der Waals surface area (Å²) in [4.78, 5) is 14.7. The first-order valence-corrected chi connectivity index (χ1v) is 10.8. The van der Waals surface area contributed by atoms with Gasteiger partial charge in [0.1, 0.15) is 0 Å². The van der Waals surface area contributed by atoms with Gasteiger partial charge in [0.15, 0.2) is 0 Å². The van der Waals surface area contributed by atoms with Gasteiger partial charge in [-0.1, -0.05) is 30.3 Å². The van der Waals surface area contributed by atoms with Crippen molar-refractivity contribution in [3.05, 3.63) is 89.5 Å². The van der Waals surface area contributed by atoms with Crippen LogP contribution in [0.15, 0.2) is 77.7 Å². The number of rotatable bonds is 5. The summed E-state index contributed by atoms with van der Waals surface area (Å²) < 4.78 is 23.1. The summed E-state index contributed by atoms with van der Waals surface area (Å²) in [7, 11) is -3.69. The molecule has 0 unspecified atom stereocenters. The number of fused-ring (bicyclic) bond motifs is 1. The van der Waals surface area contributed by atoms with Gasteiger partial charge < -0.3 is 10.2 Å². The number of para-hydroxylation sites is 1. The average Bonchev–Trinajstić information content (AvgIpc) is 3.11. The van der Waals surface area contributed by atoms with Gasteiger partial charge in [0.2, 0.25) is 10.0 Å². The Balaban J connectivity index is 1.45. The Labute approximate surface area is 170 Å². The lowest BCUT2D eigenvalue weighted by molar-refractivity contribution is 0.102. The molecule has 4 rings (SSSR count). The highest BCUT2D eigenvalue weighted by Gasteiger charge is 2.21. The van der Waals surface area contributed by atoms with Gasteiger partial charge in [-0.3, -0.25) is 4.79 Å². The minimum absolute atomic E-state index is 0.145. The Kier molecular flexibility index (Phi) is 5.08. The van der Waals surface area contributed by atoms with E-state index < -0.39 is 10.0 Å². The van der Waals surface area contributed by atoms with Crippen molar-refractivity contribution in [2.24, 2.45) is 5.14 Å². The fraction of sp³-hybridized carbons (Fsp3) is 0.136. The maximum atomic E-state index is 12.4. The van der Waals surface area contributed by atoms with Crippen LogP contribution < -0.4 is 15.4 Å². The molecule has 148 valence electrons. The maximum Gasteiger partial charge on any atom is 0.255 e. The lowest BCUT2D eigenvalue weighted by Gasteiger charge is -2.20. The Hall–Kier alpha value is -3.16. The molecule has 0 bridgehead atoms. The van der Waals surface area contributed by atoms with Crippen molar-refractivity contribution in [2.75, 3.05) is 16.8 Å². The first-order chi connectivity index (χ1) is 13.9. The van der Waals surface area contributed by atoms with Crippen molar-refractivity contribution >= 4 is 27.3 Å². The number of nitrogens with two attached hydrogens (primary N) is 1. The molecule has 0 fully saturated rings. The minimum atomic E-state index is -3.69. The van der Waals surface area contributed by atoms with Gasteiger partial charge in [0, 0.05) is 30.0 Å². The standard InChI is InChI=1S/C22H21N3O3S/c23-29(27,28)20-10-11-21-18(14-20)12-13-25(21)15-16-6-8-17(9-7-16)22(26)24-19-4-2-1-3-5-19/h1-11,14H,12-13,15H2,(H,24,26)(H2,23,27,28). The van der Waals surface area contributed by atoms with E-state index >= 15 is 0 Å². The van der Waals surface area contributed by atoms with E-state index in [2.05, 4.69) is 10.2 Å². The van der Waals surface area contributed by atoms with Crippen molar-refractivity contribution in [1.29, 1.82) is 0 Å². The summed E-state index contributed by atoms with van der Waals surface area (Å²) in [6.07, 6.45) is 0.774. The normalized spacial score (nSPS) is 13.2. The molecule has 6 nitrogen and oxygen atoms in total. The van der Waals surface area contributed by atoms with Crippen LogP contribution in [0.3, 0.4) is 0 Å². The first kappa shape index (κ1) is 19.2. The number of hydrogen-bond acceptors (Lipinski definition) is 4. The number of benzene rings is 3. The van der Waals surface area contributed by atoms with Crippen molar-refractivity contribution in [3.8, 4) is 0 Å². The number of amides is 1. The van der Waals surface area contributed by atoms with Crippen LogP contribution in [0, 0.1) is 0 Å². The Morgan fingerprint density at radius 2 is 1.72 bits per heavy atom. The fourth-order valence-corrected chi connectivity index (χ4v) is 4.06. The van der Waals surface area contributed by atoms with Crippen molar-refractivity contribution in [3.63, 3.8) is 0 Å². The highest BCUT2D eigenvalue weighted by molar-refractivity contribution is 7.89. The Bertz CT molecular complexity index is 1140. The van der Waals surface area contributed by atoms with Crippen LogP contribution in [0.4, 0.5) is 11.4 Å². The second-order valence-corrected chi connectivity index (χ2v) is 8.59. The zero-order valence-corrected chi connectivity index (χ0v) is 16.5. The number of primary sulfonamides is 1. The minimum Gasteiger partial charge on any atom is -0.367 e. The van der Waals surface area contributed by atoms with Crippen LogP contribution in [0.2, 0.25) is 0 Å². The quantitative estimate of drug-likeness (QED) is 0.680. The van der Waals surface area contributed by atoms with Gasteiger partial charge in [-0.15, -0.1) is 0 Å². The lowest BCUT2D eigenvalue weighted by Crippen LogP contribution is -2.20. The van der Waals surface area contributed by atoms with Crippen LogP contribution in [-0.4, -0.2) is 20.9 Å². The van der Waals surface area contributed by atoms with Gasteiger partial charge in [0.05, 0.1) is 4.90 Å². The van der Waals surface area contributed by atoms with E-state index in [-0.39, 0.29) is 10.8 Å². The zero-order chi connectivity index (χ0) is 20.4. The summed E-state index contributed by atoms with van der Waals surface area (Å²) in [5, 5.41) is 8.09. The van der Waals surface area contributed by atoms with E-state index in [1.165, 1.54) is 0 Å². The molecular formula is C22H21N3O3S. The van der Waals surface area contributed by atoms with E-state index in [1.54, 1.807) is 12.1 Å². The predicted octanol–water partition coefficient (Wildman–Crippen LogP) is 3.15. The highest BCUT2D eigenvalue weighted by atomic mass is 32.2. The van der Waals surface area contributed by atoms with Crippen molar-refractivity contribution in [1.82, 2.24) is 0 Å². The van der Waals surface area contributed by atoms with Crippen LogP contribution >= 0.6 is 0 Å². The molecule has 1 aliphatic rings. The molecule has 0 saturated heterocycles.